The van der Waals surface area contributed by atoms with Crippen molar-refractivity contribution in [3.05, 3.63) is 0 Å². The maximum absolute atomic E-state index is 5.37. The second kappa shape index (κ2) is 2.76. The van der Waals surface area contributed by atoms with Crippen molar-refractivity contribution < 1.29 is 4.74 Å². The molecule has 1 saturated carbocycles. The summed E-state index contributed by atoms with van der Waals surface area (Å²) in [6.07, 6.45) is 3.24. The molecule has 2 nitrogen and oxygen atoms in total. The summed E-state index contributed by atoms with van der Waals surface area (Å²) in [6, 6.07) is 0. The van der Waals surface area contributed by atoms with Gasteiger partial charge >= 0.3 is 0 Å². The highest BCUT2D eigenvalue weighted by molar-refractivity contribution is 4.94. The van der Waals surface area contributed by atoms with Gasteiger partial charge in [0.15, 0.2) is 0 Å². The van der Waals surface area contributed by atoms with Crippen LogP contribution in [0.2, 0.25) is 0 Å². The molecule has 1 saturated heterocycles. The van der Waals surface area contributed by atoms with Crippen LogP contribution in [-0.2, 0) is 4.74 Å². The number of nitrogens with zero attached hydrogens (tertiary/aromatic N) is 1. The minimum Gasteiger partial charge on any atom is -0.381 e. The molecule has 2 rings (SSSR count). The van der Waals surface area contributed by atoms with Crippen LogP contribution in [0.1, 0.15) is 12.8 Å². The van der Waals surface area contributed by atoms with Crippen molar-refractivity contribution in [2.24, 2.45) is 11.8 Å². The van der Waals surface area contributed by atoms with Crippen LogP contribution < -0.4 is 0 Å². The molecule has 0 aromatic rings. The lowest BCUT2D eigenvalue weighted by molar-refractivity contribution is -0.0943. The Bertz CT molecular complexity index is 148. The number of hydrogen-bond acceptors (Lipinski definition) is 2. The average Bonchev–Trinajstić information content (AvgIpc) is 1.95. The fourth-order valence-corrected chi connectivity index (χ4v) is 2.52. The third-order valence-electron chi connectivity index (χ3n) is 3.31. The van der Waals surface area contributed by atoms with Crippen molar-refractivity contribution in [1.29, 1.82) is 0 Å². The lowest BCUT2D eigenvalue weighted by atomic mass is 9.67. The maximum Gasteiger partial charge on any atom is 0.0606 e. The van der Waals surface area contributed by atoms with Crippen LogP contribution >= 0.6 is 0 Å². The average molecular weight is 155 g/mol. The first-order valence-corrected chi connectivity index (χ1v) is 4.52. The summed E-state index contributed by atoms with van der Waals surface area (Å²) in [4.78, 5) is 2.44. The van der Waals surface area contributed by atoms with Gasteiger partial charge in [-0.05, 0) is 38.3 Å². The first-order valence-electron chi connectivity index (χ1n) is 4.52. The topological polar surface area (TPSA) is 12.5 Å². The minimum absolute atomic E-state index is 0.591. The summed E-state index contributed by atoms with van der Waals surface area (Å²) in [5, 5.41) is 0. The lowest BCUT2D eigenvalue weighted by Gasteiger charge is -2.49. The molecule has 1 aliphatic carbocycles. The van der Waals surface area contributed by atoms with Crippen molar-refractivity contribution in [2.45, 2.75) is 18.9 Å². The second-order valence-electron chi connectivity index (χ2n) is 3.98. The smallest absolute Gasteiger partial charge is 0.0606 e. The van der Waals surface area contributed by atoms with Crippen molar-refractivity contribution >= 4 is 0 Å². The first-order chi connectivity index (χ1) is 5.31. The third kappa shape index (κ3) is 1.18. The number of methoxy groups -OCH3 is 1. The predicted molar refractivity (Wildman–Crippen MR) is 44.5 cm³/mol. The number of likely N-dealkylation sites (tertiary alicyclic amines) is 1. The maximum atomic E-state index is 5.37. The SMILES string of the molecule is COC1C[C@H]2CN(C)CC[C@@H]12. The number of hydrogen-bond donors (Lipinski definition) is 0. The normalized spacial score (nSPS) is 44.7. The molecule has 1 aliphatic heterocycles. The van der Waals surface area contributed by atoms with Gasteiger partial charge in [-0.2, -0.15) is 0 Å². The monoisotopic (exact) mass is 155 g/mol. The molecule has 2 fully saturated rings. The molecule has 11 heavy (non-hydrogen) atoms. The van der Waals surface area contributed by atoms with Crippen molar-refractivity contribution in [1.82, 2.24) is 4.90 Å². The Morgan fingerprint density at radius 1 is 1.45 bits per heavy atom. The molecule has 0 spiro atoms. The van der Waals surface area contributed by atoms with E-state index in [2.05, 4.69) is 11.9 Å². The Balaban J connectivity index is 1.89. The molecular weight excluding hydrogens is 138 g/mol. The summed E-state index contributed by atoms with van der Waals surface area (Å²) in [7, 11) is 4.07. The van der Waals surface area contributed by atoms with Crippen molar-refractivity contribution in [3.63, 3.8) is 0 Å². The molecule has 0 aromatic carbocycles. The zero-order chi connectivity index (χ0) is 7.84. The van der Waals surface area contributed by atoms with E-state index in [1.165, 1.54) is 25.9 Å². The molecule has 0 radical (unpaired) electrons. The fourth-order valence-electron chi connectivity index (χ4n) is 2.52. The lowest BCUT2D eigenvalue weighted by Crippen LogP contribution is -2.52. The van der Waals surface area contributed by atoms with E-state index >= 15 is 0 Å². The van der Waals surface area contributed by atoms with Gasteiger partial charge in [0.05, 0.1) is 6.10 Å². The van der Waals surface area contributed by atoms with E-state index < -0.39 is 0 Å². The second-order valence-corrected chi connectivity index (χ2v) is 3.98. The summed E-state index contributed by atoms with van der Waals surface area (Å²) in [5.74, 6) is 1.83. The van der Waals surface area contributed by atoms with Crippen LogP contribution in [0, 0.1) is 11.8 Å². The summed E-state index contributed by atoms with van der Waals surface area (Å²) >= 11 is 0. The van der Waals surface area contributed by atoms with E-state index in [1.807, 2.05) is 7.11 Å². The molecule has 2 heteroatoms. The molecule has 0 amide bonds. The molecule has 64 valence electrons. The number of piperidine rings is 1. The molecule has 1 heterocycles. The van der Waals surface area contributed by atoms with E-state index in [0.29, 0.717) is 6.10 Å². The predicted octanol–water partition coefficient (Wildman–Crippen LogP) is 0.973. The van der Waals surface area contributed by atoms with Crippen LogP contribution in [0.4, 0.5) is 0 Å². The minimum atomic E-state index is 0.591. The van der Waals surface area contributed by atoms with Gasteiger partial charge in [-0.1, -0.05) is 0 Å². The van der Waals surface area contributed by atoms with Gasteiger partial charge in [0.25, 0.3) is 0 Å². The summed E-state index contributed by atoms with van der Waals surface area (Å²) in [5.41, 5.74) is 0. The van der Waals surface area contributed by atoms with E-state index in [9.17, 15) is 0 Å². The van der Waals surface area contributed by atoms with Crippen LogP contribution in [0.3, 0.4) is 0 Å². The van der Waals surface area contributed by atoms with Gasteiger partial charge in [0.1, 0.15) is 0 Å². The zero-order valence-electron chi connectivity index (χ0n) is 7.42. The Morgan fingerprint density at radius 2 is 2.27 bits per heavy atom. The van der Waals surface area contributed by atoms with E-state index in [0.717, 1.165) is 11.8 Å². The number of ether oxygens (including phenoxy) is 1. The Labute approximate surface area is 68.5 Å². The van der Waals surface area contributed by atoms with Gasteiger partial charge in [-0.3, -0.25) is 0 Å². The highest BCUT2D eigenvalue weighted by Gasteiger charge is 2.43. The number of rotatable bonds is 1. The standard InChI is InChI=1S/C9H17NO/c1-10-4-3-8-7(6-10)5-9(8)11-2/h7-9H,3-6H2,1-2H3/t7-,8+,9?/m0/s1. The first kappa shape index (κ1) is 7.56. The van der Waals surface area contributed by atoms with Gasteiger partial charge in [-0.15, -0.1) is 0 Å². The highest BCUT2D eigenvalue weighted by atomic mass is 16.5. The van der Waals surface area contributed by atoms with E-state index in [4.69, 9.17) is 4.74 Å². The molecule has 0 bridgehead atoms. The van der Waals surface area contributed by atoms with Gasteiger partial charge in [0.2, 0.25) is 0 Å². The quantitative estimate of drug-likeness (QED) is 0.559. The Hall–Kier alpha value is -0.0800. The number of fused-ring (bicyclic) bond motifs is 1. The third-order valence-corrected chi connectivity index (χ3v) is 3.31. The molecule has 1 unspecified atom stereocenters. The Kier molecular flexibility index (Phi) is 1.90. The highest BCUT2D eigenvalue weighted by Crippen LogP contribution is 2.41. The molecule has 0 N–H and O–H groups in total. The zero-order valence-corrected chi connectivity index (χ0v) is 7.42. The molecule has 0 aromatic heterocycles. The van der Waals surface area contributed by atoms with Crippen LogP contribution in [-0.4, -0.2) is 38.3 Å². The molecule has 3 atom stereocenters. The van der Waals surface area contributed by atoms with E-state index in [1.54, 1.807) is 0 Å². The van der Waals surface area contributed by atoms with Gasteiger partial charge in [0, 0.05) is 13.7 Å². The Morgan fingerprint density at radius 3 is 2.91 bits per heavy atom. The van der Waals surface area contributed by atoms with Crippen molar-refractivity contribution in [3.8, 4) is 0 Å². The van der Waals surface area contributed by atoms with Gasteiger partial charge in [-0.25, -0.2) is 0 Å². The molecule has 2 aliphatic rings. The van der Waals surface area contributed by atoms with Crippen LogP contribution in [0.5, 0.6) is 0 Å². The van der Waals surface area contributed by atoms with Crippen LogP contribution in [0.15, 0.2) is 0 Å². The summed E-state index contributed by atoms with van der Waals surface area (Å²) < 4.78 is 5.37. The van der Waals surface area contributed by atoms with Crippen molar-refractivity contribution in [2.75, 3.05) is 27.2 Å². The molecular formula is C9H17NO. The fraction of sp³-hybridized carbons (Fsp3) is 1.00. The summed E-state index contributed by atoms with van der Waals surface area (Å²) in [6.45, 7) is 2.56. The van der Waals surface area contributed by atoms with E-state index in [-0.39, 0.29) is 0 Å². The largest absolute Gasteiger partial charge is 0.381 e. The van der Waals surface area contributed by atoms with Gasteiger partial charge < -0.3 is 9.64 Å². The van der Waals surface area contributed by atoms with Crippen LogP contribution in [0.25, 0.3) is 0 Å².